The summed E-state index contributed by atoms with van der Waals surface area (Å²) in [7, 11) is 0. The summed E-state index contributed by atoms with van der Waals surface area (Å²) in [5, 5.41) is 10.2. The minimum Gasteiger partial charge on any atom is -0.472 e. The molecular formula is C20H30O2. The SMILES string of the molecule is CC(C)=CCC/C(C)=C/CC(O)/C(C)=C/CCc1ccoc1. The standard InChI is InChI=1S/C20H30O2/c1-16(2)7-5-8-17(3)11-12-20(21)18(4)9-6-10-19-13-14-22-15-19/h7,9,11,13-15,20-21H,5-6,8,10,12H2,1-4H3/b17-11+,18-9+. The highest BCUT2D eigenvalue weighted by Crippen LogP contribution is 2.13. The molecule has 0 aromatic carbocycles. The van der Waals surface area contributed by atoms with Crippen LogP contribution in [0.2, 0.25) is 0 Å². The van der Waals surface area contributed by atoms with Gasteiger partial charge < -0.3 is 9.52 Å². The summed E-state index contributed by atoms with van der Waals surface area (Å²) in [4.78, 5) is 0. The van der Waals surface area contributed by atoms with Crippen molar-refractivity contribution in [2.45, 2.75) is 65.9 Å². The van der Waals surface area contributed by atoms with Gasteiger partial charge in [-0.2, -0.15) is 0 Å². The fourth-order valence-corrected chi connectivity index (χ4v) is 2.23. The molecule has 1 unspecified atom stereocenters. The van der Waals surface area contributed by atoms with Gasteiger partial charge in [-0.3, -0.25) is 0 Å². The van der Waals surface area contributed by atoms with E-state index in [1.54, 1.807) is 12.5 Å². The Hall–Kier alpha value is -1.54. The van der Waals surface area contributed by atoms with E-state index in [2.05, 4.69) is 39.0 Å². The van der Waals surface area contributed by atoms with Gasteiger partial charge in [0.15, 0.2) is 0 Å². The molecule has 1 heterocycles. The maximum atomic E-state index is 10.2. The first kappa shape index (κ1) is 18.5. The highest BCUT2D eigenvalue weighted by molar-refractivity contribution is 5.12. The van der Waals surface area contributed by atoms with Crippen LogP contribution >= 0.6 is 0 Å². The van der Waals surface area contributed by atoms with Gasteiger partial charge in [0.25, 0.3) is 0 Å². The number of rotatable bonds is 9. The molecule has 1 aromatic heterocycles. The van der Waals surface area contributed by atoms with E-state index in [0.717, 1.165) is 31.3 Å². The Kier molecular flexibility index (Phi) is 8.61. The second-order valence-corrected chi connectivity index (χ2v) is 6.24. The van der Waals surface area contributed by atoms with Crippen LogP contribution in [0.3, 0.4) is 0 Å². The Labute approximate surface area is 135 Å². The predicted octanol–water partition coefficient (Wildman–Crippen LogP) is 5.60. The number of aliphatic hydroxyl groups excluding tert-OH is 1. The van der Waals surface area contributed by atoms with Crippen LogP contribution in [0.4, 0.5) is 0 Å². The minimum atomic E-state index is -0.372. The largest absolute Gasteiger partial charge is 0.472 e. The number of furan rings is 1. The molecule has 1 N–H and O–H groups in total. The van der Waals surface area contributed by atoms with Gasteiger partial charge in [0.2, 0.25) is 0 Å². The van der Waals surface area contributed by atoms with E-state index < -0.39 is 0 Å². The Bertz CT molecular complexity index is 500. The van der Waals surface area contributed by atoms with Crippen LogP contribution in [0.25, 0.3) is 0 Å². The second-order valence-electron chi connectivity index (χ2n) is 6.24. The molecule has 0 spiro atoms. The predicted molar refractivity (Wildman–Crippen MR) is 93.8 cm³/mol. The molecular weight excluding hydrogens is 272 g/mol. The van der Waals surface area contributed by atoms with E-state index in [1.165, 1.54) is 16.7 Å². The summed E-state index contributed by atoms with van der Waals surface area (Å²) in [6.07, 6.45) is 14.4. The number of aliphatic hydroxyl groups is 1. The van der Waals surface area contributed by atoms with Crippen molar-refractivity contribution < 1.29 is 9.52 Å². The molecule has 0 aliphatic rings. The van der Waals surface area contributed by atoms with Gasteiger partial charge in [-0.15, -0.1) is 0 Å². The van der Waals surface area contributed by atoms with Crippen molar-refractivity contribution >= 4 is 0 Å². The molecule has 1 aromatic rings. The molecule has 0 amide bonds. The summed E-state index contributed by atoms with van der Waals surface area (Å²) in [6, 6.07) is 1.98. The Morgan fingerprint density at radius 2 is 1.91 bits per heavy atom. The van der Waals surface area contributed by atoms with E-state index in [0.29, 0.717) is 6.42 Å². The first-order chi connectivity index (χ1) is 10.5. The van der Waals surface area contributed by atoms with Crippen molar-refractivity contribution in [1.29, 1.82) is 0 Å². The number of allylic oxidation sites excluding steroid dienone is 4. The van der Waals surface area contributed by atoms with E-state index in [4.69, 9.17) is 4.42 Å². The third-order valence-corrected chi connectivity index (χ3v) is 3.79. The molecule has 2 heteroatoms. The van der Waals surface area contributed by atoms with Crippen LogP contribution in [-0.4, -0.2) is 11.2 Å². The molecule has 1 atom stereocenters. The van der Waals surface area contributed by atoms with Crippen molar-refractivity contribution in [2.24, 2.45) is 0 Å². The first-order valence-corrected chi connectivity index (χ1v) is 8.14. The first-order valence-electron chi connectivity index (χ1n) is 8.14. The molecule has 0 aliphatic heterocycles. The number of aryl methyl sites for hydroxylation is 1. The summed E-state index contributed by atoms with van der Waals surface area (Å²) in [5.41, 5.74) is 4.97. The Morgan fingerprint density at radius 3 is 2.55 bits per heavy atom. The van der Waals surface area contributed by atoms with Gasteiger partial charge in [-0.1, -0.05) is 29.4 Å². The molecule has 22 heavy (non-hydrogen) atoms. The van der Waals surface area contributed by atoms with E-state index in [-0.39, 0.29) is 6.10 Å². The Balaban J connectivity index is 2.32. The normalized spacial score (nSPS) is 14.0. The third-order valence-electron chi connectivity index (χ3n) is 3.79. The van der Waals surface area contributed by atoms with E-state index in [1.807, 2.05) is 13.0 Å². The average molecular weight is 302 g/mol. The molecule has 0 radical (unpaired) electrons. The molecule has 0 fully saturated rings. The zero-order valence-corrected chi connectivity index (χ0v) is 14.4. The minimum absolute atomic E-state index is 0.372. The lowest BCUT2D eigenvalue weighted by molar-refractivity contribution is 0.213. The molecule has 1 rings (SSSR count). The van der Waals surface area contributed by atoms with Gasteiger partial charge in [0.1, 0.15) is 0 Å². The quantitative estimate of drug-likeness (QED) is 0.602. The summed E-state index contributed by atoms with van der Waals surface area (Å²) in [5.74, 6) is 0. The van der Waals surface area contributed by atoms with E-state index in [9.17, 15) is 5.11 Å². The molecule has 0 bridgehead atoms. The molecule has 2 nitrogen and oxygen atoms in total. The smallest absolute Gasteiger partial charge is 0.0934 e. The van der Waals surface area contributed by atoms with Crippen LogP contribution < -0.4 is 0 Å². The van der Waals surface area contributed by atoms with Crippen molar-refractivity contribution in [3.05, 3.63) is 59.1 Å². The van der Waals surface area contributed by atoms with Crippen molar-refractivity contribution in [3.63, 3.8) is 0 Å². The molecule has 0 saturated carbocycles. The lowest BCUT2D eigenvalue weighted by Gasteiger charge is -2.10. The number of hydrogen-bond donors (Lipinski definition) is 1. The lowest BCUT2D eigenvalue weighted by atomic mass is 10.0. The van der Waals surface area contributed by atoms with Crippen LogP contribution in [0.15, 0.2) is 58.0 Å². The van der Waals surface area contributed by atoms with Crippen molar-refractivity contribution in [2.75, 3.05) is 0 Å². The summed E-state index contributed by atoms with van der Waals surface area (Å²) in [6.45, 7) is 8.40. The van der Waals surface area contributed by atoms with Gasteiger partial charge in [0, 0.05) is 0 Å². The van der Waals surface area contributed by atoms with Crippen molar-refractivity contribution in [3.8, 4) is 0 Å². The molecule has 0 aliphatic carbocycles. The van der Waals surface area contributed by atoms with Crippen LogP contribution in [0.5, 0.6) is 0 Å². The van der Waals surface area contributed by atoms with Crippen LogP contribution in [0.1, 0.15) is 58.9 Å². The van der Waals surface area contributed by atoms with Gasteiger partial charge in [0.05, 0.1) is 18.6 Å². The Morgan fingerprint density at radius 1 is 1.14 bits per heavy atom. The van der Waals surface area contributed by atoms with Gasteiger partial charge in [-0.05, 0) is 77.0 Å². The van der Waals surface area contributed by atoms with Crippen molar-refractivity contribution in [1.82, 2.24) is 0 Å². The van der Waals surface area contributed by atoms with Gasteiger partial charge in [-0.25, -0.2) is 0 Å². The monoisotopic (exact) mass is 302 g/mol. The van der Waals surface area contributed by atoms with Crippen LogP contribution in [0, 0.1) is 0 Å². The van der Waals surface area contributed by atoms with Gasteiger partial charge >= 0.3 is 0 Å². The summed E-state index contributed by atoms with van der Waals surface area (Å²) < 4.78 is 5.05. The third kappa shape index (κ3) is 8.04. The lowest BCUT2D eigenvalue weighted by Crippen LogP contribution is -2.06. The topological polar surface area (TPSA) is 33.4 Å². The highest BCUT2D eigenvalue weighted by atomic mass is 16.3. The maximum Gasteiger partial charge on any atom is 0.0934 e. The second kappa shape index (κ2) is 10.2. The zero-order valence-electron chi connectivity index (χ0n) is 14.4. The zero-order chi connectivity index (χ0) is 16.4. The fraction of sp³-hybridized carbons (Fsp3) is 0.500. The highest BCUT2D eigenvalue weighted by Gasteiger charge is 2.04. The average Bonchev–Trinajstić information content (AvgIpc) is 2.97. The fourth-order valence-electron chi connectivity index (χ4n) is 2.23. The number of hydrogen-bond acceptors (Lipinski definition) is 2. The summed E-state index contributed by atoms with van der Waals surface area (Å²) >= 11 is 0. The van der Waals surface area contributed by atoms with Crippen LogP contribution in [-0.2, 0) is 6.42 Å². The van der Waals surface area contributed by atoms with E-state index >= 15 is 0 Å². The molecule has 0 saturated heterocycles. The molecule has 122 valence electrons. The maximum absolute atomic E-state index is 10.2.